The molecule has 2 aliphatic heterocycles. The van der Waals surface area contributed by atoms with Gasteiger partial charge in [0, 0.05) is 32.0 Å². The van der Waals surface area contributed by atoms with Crippen molar-refractivity contribution >= 4 is 28.5 Å². The average Bonchev–Trinajstić information content (AvgIpc) is 3.93. The van der Waals surface area contributed by atoms with Crippen LogP contribution in [0.1, 0.15) is 63.6 Å². The molecule has 0 aliphatic carbocycles. The van der Waals surface area contributed by atoms with E-state index in [-0.39, 0.29) is 30.3 Å². The number of carbonyl (C=O) groups is 3. The average molecular weight is 645 g/mol. The van der Waals surface area contributed by atoms with Gasteiger partial charge in [-0.05, 0) is 65.3 Å². The van der Waals surface area contributed by atoms with Crippen LogP contribution >= 0.6 is 0 Å². The fourth-order valence-electron chi connectivity index (χ4n) is 7.05. The topological polar surface area (TPSA) is 153 Å². The number of H-pyrrole nitrogens is 2. The molecular formula is C37H40N8O3. The van der Waals surface area contributed by atoms with Crippen molar-refractivity contribution in [2.75, 3.05) is 19.6 Å². The summed E-state index contributed by atoms with van der Waals surface area (Å²) >= 11 is 0. The Morgan fingerprint density at radius 3 is 2.29 bits per heavy atom. The minimum Gasteiger partial charge on any atom is -0.347 e. The minimum absolute atomic E-state index is 0.0101. The second-order valence-electron chi connectivity index (χ2n) is 12.8. The van der Waals surface area contributed by atoms with Gasteiger partial charge in [-0.15, -0.1) is 0 Å². The SMILES string of the molecule is CCC(=O)NCC(=O)N1CCCC1c1ncc(-c2ccc3cc(-c4ccc(-c5cnc(C6(N)CCCN6C(C)=O)[nH]5)cc4)ccc3c2)[nH]1. The molecule has 2 atom stereocenters. The quantitative estimate of drug-likeness (QED) is 0.182. The smallest absolute Gasteiger partial charge is 0.242 e. The Labute approximate surface area is 278 Å². The number of fused-ring (bicyclic) bond motifs is 1. The number of aromatic nitrogens is 4. The van der Waals surface area contributed by atoms with E-state index in [1.54, 1.807) is 24.9 Å². The van der Waals surface area contributed by atoms with Crippen molar-refractivity contribution in [2.45, 2.75) is 57.7 Å². The van der Waals surface area contributed by atoms with E-state index in [9.17, 15) is 14.4 Å². The highest BCUT2D eigenvalue weighted by Gasteiger charge is 2.43. The van der Waals surface area contributed by atoms with Crippen molar-refractivity contribution in [1.82, 2.24) is 35.1 Å². The molecule has 11 nitrogen and oxygen atoms in total. The van der Waals surface area contributed by atoms with Crippen LogP contribution in [0.3, 0.4) is 0 Å². The van der Waals surface area contributed by atoms with E-state index in [0.29, 0.717) is 31.8 Å². The van der Waals surface area contributed by atoms with E-state index in [1.807, 2.05) is 11.1 Å². The Morgan fingerprint density at radius 2 is 1.54 bits per heavy atom. The number of nitrogens with one attached hydrogen (secondary N) is 3. The molecule has 2 aliphatic rings. The predicted molar refractivity (Wildman–Crippen MR) is 184 cm³/mol. The lowest BCUT2D eigenvalue weighted by molar-refractivity contribution is -0.134. The Bertz CT molecular complexity index is 2000. The molecule has 11 heteroatoms. The first-order valence-corrected chi connectivity index (χ1v) is 16.6. The van der Waals surface area contributed by atoms with Gasteiger partial charge in [-0.2, -0.15) is 0 Å². The third-order valence-electron chi connectivity index (χ3n) is 9.71. The molecule has 2 unspecified atom stereocenters. The van der Waals surface area contributed by atoms with E-state index >= 15 is 0 Å². The first-order chi connectivity index (χ1) is 23.2. The van der Waals surface area contributed by atoms with Gasteiger partial charge in [-0.1, -0.05) is 55.5 Å². The van der Waals surface area contributed by atoms with Gasteiger partial charge < -0.3 is 30.8 Å². The summed E-state index contributed by atoms with van der Waals surface area (Å²) in [5.74, 6) is 1.11. The maximum Gasteiger partial charge on any atom is 0.242 e. The fraction of sp³-hybridized carbons (Fsp3) is 0.324. The second kappa shape index (κ2) is 12.7. The summed E-state index contributed by atoms with van der Waals surface area (Å²) in [5.41, 5.74) is 11.7. The highest BCUT2D eigenvalue weighted by molar-refractivity contribution is 5.90. The Kier molecular flexibility index (Phi) is 8.30. The fourth-order valence-corrected chi connectivity index (χ4v) is 7.05. The molecule has 0 saturated carbocycles. The summed E-state index contributed by atoms with van der Waals surface area (Å²) in [6, 6.07) is 21.0. The highest BCUT2D eigenvalue weighted by Crippen LogP contribution is 2.35. The molecule has 2 aromatic heterocycles. The number of hydrogen-bond acceptors (Lipinski definition) is 6. The zero-order valence-electron chi connectivity index (χ0n) is 27.3. The number of benzene rings is 3. The van der Waals surface area contributed by atoms with Crippen LogP contribution in [0.25, 0.3) is 44.4 Å². The first-order valence-electron chi connectivity index (χ1n) is 16.6. The first kappa shape index (κ1) is 31.3. The Balaban J connectivity index is 1.05. The Hall–Kier alpha value is -5.29. The van der Waals surface area contributed by atoms with Crippen LogP contribution in [-0.4, -0.2) is 67.1 Å². The number of nitrogens with two attached hydrogens (primary N) is 1. The lowest BCUT2D eigenvalue weighted by Crippen LogP contribution is -2.51. The van der Waals surface area contributed by atoms with Gasteiger partial charge in [0.25, 0.3) is 0 Å². The summed E-state index contributed by atoms with van der Waals surface area (Å²) < 4.78 is 0. The minimum atomic E-state index is -0.901. The summed E-state index contributed by atoms with van der Waals surface area (Å²) in [6.07, 6.45) is 7.22. The molecule has 48 heavy (non-hydrogen) atoms. The molecule has 0 bridgehead atoms. The summed E-state index contributed by atoms with van der Waals surface area (Å²) in [5, 5.41) is 4.93. The van der Waals surface area contributed by atoms with Crippen LogP contribution in [0.4, 0.5) is 0 Å². The molecule has 5 N–H and O–H groups in total. The number of imidazole rings is 2. The van der Waals surface area contributed by atoms with Gasteiger partial charge in [-0.3, -0.25) is 14.4 Å². The van der Waals surface area contributed by atoms with E-state index in [0.717, 1.165) is 69.5 Å². The van der Waals surface area contributed by atoms with Gasteiger partial charge in [0.2, 0.25) is 17.7 Å². The van der Waals surface area contributed by atoms with Gasteiger partial charge in [0.05, 0.1) is 36.4 Å². The molecule has 5 aromatic rings. The Morgan fingerprint density at radius 1 is 0.875 bits per heavy atom. The zero-order chi connectivity index (χ0) is 33.4. The summed E-state index contributed by atoms with van der Waals surface area (Å²) in [6.45, 7) is 4.62. The van der Waals surface area contributed by atoms with Crippen molar-refractivity contribution in [3.8, 4) is 33.6 Å². The molecule has 3 aromatic carbocycles. The van der Waals surface area contributed by atoms with Gasteiger partial charge in [0.15, 0.2) is 0 Å². The number of hydrogen-bond donors (Lipinski definition) is 4. The van der Waals surface area contributed by atoms with Crippen LogP contribution in [0.5, 0.6) is 0 Å². The lowest BCUT2D eigenvalue weighted by Gasteiger charge is -2.32. The van der Waals surface area contributed by atoms with Crippen LogP contribution in [0.2, 0.25) is 0 Å². The summed E-state index contributed by atoms with van der Waals surface area (Å²) in [7, 11) is 0. The predicted octanol–water partition coefficient (Wildman–Crippen LogP) is 5.23. The summed E-state index contributed by atoms with van der Waals surface area (Å²) in [4.78, 5) is 56.1. The molecule has 2 saturated heterocycles. The number of rotatable bonds is 8. The monoisotopic (exact) mass is 644 g/mol. The lowest BCUT2D eigenvalue weighted by atomic mass is 9.98. The standard InChI is InChI=1S/C37H40N8O3/c1-3-33(47)39-22-34(48)44-16-4-6-32(44)35-40-20-31(42-35)29-14-13-27-18-26(11-12-28(27)19-29)24-7-9-25(10-8-24)30-21-41-36(43-30)37(38)15-5-17-45(37)23(2)46/h7-14,18-21,32H,3-6,15-17,22,38H2,1-2H3,(H,39,47)(H,40,42)(H,41,43). The van der Waals surface area contributed by atoms with E-state index in [1.165, 1.54) is 0 Å². The van der Waals surface area contributed by atoms with Crippen LogP contribution < -0.4 is 11.1 Å². The van der Waals surface area contributed by atoms with Crippen LogP contribution in [-0.2, 0) is 20.0 Å². The highest BCUT2D eigenvalue weighted by atomic mass is 16.2. The maximum absolute atomic E-state index is 12.8. The molecule has 2 fully saturated rings. The molecule has 0 spiro atoms. The second-order valence-corrected chi connectivity index (χ2v) is 12.8. The van der Waals surface area contributed by atoms with Crippen molar-refractivity contribution in [3.05, 3.63) is 84.7 Å². The normalized spacial score (nSPS) is 19.3. The third-order valence-corrected chi connectivity index (χ3v) is 9.71. The van der Waals surface area contributed by atoms with E-state index in [4.69, 9.17) is 5.73 Å². The number of nitrogens with zero attached hydrogens (tertiary/aromatic N) is 4. The third kappa shape index (κ3) is 5.85. The van der Waals surface area contributed by atoms with Crippen LogP contribution in [0, 0.1) is 0 Å². The van der Waals surface area contributed by atoms with Crippen molar-refractivity contribution < 1.29 is 14.4 Å². The number of carbonyl (C=O) groups excluding carboxylic acids is 3. The molecule has 4 heterocycles. The number of likely N-dealkylation sites (tertiary alicyclic amines) is 2. The molecule has 3 amide bonds. The van der Waals surface area contributed by atoms with Gasteiger partial charge in [0.1, 0.15) is 17.3 Å². The molecular weight excluding hydrogens is 604 g/mol. The number of aromatic amines is 2. The molecule has 246 valence electrons. The molecule has 0 radical (unpaired) electrons. The van der Waals surface area contributed by atoms with Gasteiger partial charge in [-0.25, -0.2) is 9.97 Å². The van der Waals surface area contributed by atoms with Crippen molar-refractivity contribution in [1.29, 1.82) is 0 Å². The van der Waals surface area contributed by atoms with Crippen LogP contribution in [0.15, 0.2) is 73.1 Å². The number of amides is 3. The van der Waals surface area contributed by atoms with E-state index < -0.39 is 5.66 Å². The largest absolute Gasteiger partial charge is 0.347 e. The maximum atomic E-state index is 12.8. The zero-order valence-corrected chi connectivity index (χ0v) is 27.3. The van der Waals surface area contributed by atoms with Crippen molar-refractivity contribution in [3.63, 3.8) is 0 Å². The van der Waals surface area contributed by atoms with Crippen molar-refractivity contribution in [2.24, 2.45) is 5.73 Å². The van der Waals surface area contributed by atoms with E-state index in [2.05, 4.69) is 85.9 Å². The molecule has 7 rings (SSSR count). The van der Waals surface area contributed by atoms with Gasteiger partial charge >= 0.3 is 0 Å².